The van der Waals surface area contributed by atoms with Crippen LogP contribution in [0.15, 0.2) is 6.20 Å². The molecule has 0 aliphatic heterocycles. The molecule has 12 heavy (non-hydrogen) atoms. The Labute approximate surface area is 72.6 Å². The van der Waals surface area contributed by atoms with E-state index >= 15 is 0 Å². The molecule has 1 aromatic heterocycles. The Morgan fingerprint density at radius 3 is 2.83 bits per heavy atom. The van der Waals surface area contributed by atoms with E-state index < -0.39 is 0 Å². The lowest BCUT2D eigenvalue weighted by Crippen LogP contribution is -2.15. The monoisotopic (exact) mass is 165 g/mol. The maximum atomic E-state index is 5.56. The Morgan fingerprint density at radius 1 is 1.67 bits per heavy atom. The summed E-state index contributed by atoms with van der Waals surface area (Å²) in [7, 11) is 2.06. The van der Waals surface area contributed by atoms with Crippen LogP contribution in [0.4, 0.5) is 0 Å². The van der Waals surface area contributed by atoms with Crippen molar-refractivity contribution in [2.24, 2.45) is 12.8 Å². The summed E-state index contributed by atoms with van der Waals surface area (Å²) in [5.41, 5.74) is 6.70. The summed E-state index contributed by atoms with van der Waals surface area (Å²) < 4.78 is 2.14. The SMILES string of the molecule is Cn1c(CN)cnc1C1CCC1. The van der Waals surface area contributed by atoms with Gasteiger partial charge in [-0.15, -0.1) is 0 Å². The minimum Gasteiger partial charge on any atom is -0.334 e. The highest BCUT2D eigenvalue weighted by molar-refractivity contribution is 5.10. The van der Waals surface area contributed by atoms with Gasteiger partial charge in [0.1, 0.15) is 5.82 Å². The molecule has 1 heterocycles. The number of aromatic nitrogens is 2. The molecule has 0 atom stereocenters. The number of hydrogen-bond acceptors (Lipinski definition) is 2. The molecule has 1 aromatic rings. The van der Waals surface area contributed by atoms with Crippen molar-refractivity contribution in [3.05, 3.63) is 17.7 Å². The van der Waals surface area contributed by atoms with Gasteiger partial charge in [-0.3, -0.25) is 0 Å². The summed E-state index contributed by atoms with van der Waals surface area (Å²) >= 11 is 0. The molecule has 1 aliphatic carbocycles. The highest BCUT2D eigenvalue weighted by Crippen LogP contribution is 2.35. The molecule has 1 aliphatic rings. The second-order valence-electron chi connectivity index (χ2n) is 3.50. The summed E-state index contributed by atoms with van der Waals surface area (Å²) in [4.78, 5) is 4.39. The molecule has 0 bridgehead atoms. The van der Waals surface area contributed by atoms with Crippen molar-refractivity contribution in [2.75, 3.05) is 0 Å². The fraction of sp³-hybridized carbons (Fsp3) is 0.667. The van der Waals surface area contributed by atoms with Gasteiger partial charge in [-0.2, -0.15) is 0 Å². The van der Waals surface area contributed by atoms with E-state index in [9.17, 15) is 0 Å². The van der Waals surface area contributed by atoms with Crippen molar-refractivity contribution in [3.8, 4) is 0 Å². The molecule has 3 heteroatoms. The first-order chi connectivity index (χ1) is 5.83. The van der Waals surface area contributed by atoms with Crippen molar-refractivity contribution in [2.45, 2.75) is 31.7 Å². The second-order valence-corrected chi connectivity index (χ2v) is 3.50. The van der Waals surface area contributed by atoms with E-state index in [2.05, 4.69) is 16.6 Å². The first-order valence-electron chi connectivity index (χ1n) is 4.53. The largest absolute Gasteiger partial charge is 0.334 e. The molecule has 0 saturated heterocycles. The van der Waals surface area contributed by atoms with Crippen LogP contribution >= 0.6 is 0 Å². The van der Waals surface area contributed by atoms with Crippen LogP contribution in [0.25, 0.3) is 0 Å². The highest BCUT2D eigenvalue weighted by Gasteiger charge is 2.23. The predicted octanol–water partition coefficient (Wildman–Crippen LogP) is 1.15. The summed E-state index contributed by atoms with van der Waals surface area (Å²) in [6.45, 7) is 0.593. The summed E-state index contributed by atoms with van der Waals surface area (Å²) in [5, 5.41) is 0. The van der Waals surface area contributed by atoms with Crippen LogP contribution in [0.3, 0.4) is 0 Å². The van der Waals surface area contributed by atoms with Crippen molar-refractivity contribution in [3.63, 3.8) is 0 Å². The van der Waals surface area contributed by atoms with E-state index in [1.807, 2.05) is 6.20 Å². The predicted molar refractivity (Wildman–Crippen MR) is 47.7 cm³/mol. The number of nitrogens with two attached hydrogens (primary N) is 1. The minimum absolute atomic E-state index is 0.593. The lowest BCUT2D eigenvalue weighted by molar-refractivity contribution is 0.392. The fourth-order valence-electron chi connectivity index (χ4n) is 1.70. The van der Waals surface area contributed by atoms with Gasteiger partial charge in [-0.05, 0) is 12.8 Å². The third-order valence-electron chi connectivity index (χ3n) is 2.80. The van der Waals surface area contributed by atoms with Gasteiger partial charge < -0.3 is 10.3 Å². The van der Waals surface area contributed by atoms with Crippen LogP contribution in [0, 0.1) is 0 Å². The maximum absolute atomic E-state index is 5.56. The van der Waals surface area contributed by atoms with Gasteiger partial charge >= 0.3 is 0 Å². The average Bonchev–Trinajstić information content (AvgIpc) is 2.30. The van der Waals surface area contributed by atoms with Crippen LogP contribution in [0.5, 0.6) is 0 Å². The number of imidazole rings is 1. The lowest BCUT2D eigenvalue weighted by Gasteiger charge is -2.24. The molecular weight excluding hydrogens is 150 g/mol. The topological polar surface area (TPSA) is 43.8 Å². The van der Waals surface area contributed by atoms with E-state index in [1.54, 1.807) is 0 Å². The van der Waals surface area contributed by atoms with Crippen LogP contribution in [0.1, 0.15) is 36.7 Å². The Morgan fingerprint density at radius 2 is 2.42 bits per heavy atom. The number of nitrogens with zero attached hydrogens (tertiary/aromatic N) is 2. The van der Waals surface area contributed by atoms with Crippen LogP contribution < -0.4 is 5.73 Å². The third kappa shape index (κ3) is 1.05. The molecule has 0 spiro atoms. The van der Waals surface area contributed by atoms with Crippen molar-refractivity contribution in [1.82, 2.24) is 9.55 Å². The second kappa shape index (κ2) is 2.90. The van der Waals surface area contributed by atoms with Gasteiger partial charge in [0.25, 0.3) is 0 Å². The quantitative estimate of drug-likeness (QED) is 0.714. The molecule has 2 N–H and O–H groups in total. The zero-order valence-corrected chi connectivity index (χ0v) is 7.45. The molecule has 1 saturated carbocycles. The lowest BCUT2D eigenvalue weighted by atomic mass is 9.85. The average molecular weight is 165 g/mol. The molecule has 3 nitrogen and oxygen atoms in total. The molecule has 0 amide bonds. The van der Waals surface area contributed by atoms with Crippen LogP contribution in [0.2, 0.25) is 0 Å². The molecular formula is C9H15N3. The van der Waals surface area contributed by atoms with Crippen molar-refractivity contribution in [1.29, 1.82) is 0 Å². The van der Waals surface area contributed by atoms with E-state index in [0.717, 1.165) is 5.69 Å². The van der Waals surface area contributed by atoms with Gasteiger partial charge in [0, 0.05) is 25.7 Å². The van der Waals surface area contributed by atoms with Gasteiger partial charge in [-0.1, -0.05) is 6.42 Å². The van der Waals surface area contributed by atoms with E-state index in [4.69, 9.17) is 5.73 Å². The smallest absolute Gasteiger partial charge is 0.111 e. The Kier molecular flexibility index (Phi) is 1.89. The molecule has 0 radical (unpaired) electrons. The summed E-state index contributed by atoms with van der Waals surface area (Å²) in [5.74, 6) is 1.93. The van der Waals surface area contributed by atoms with Crippen LogP contribution in [-0.2, 0) is 13.6 Å². The Balaban J connectivity index is 2.25. The first kappa shape index (κ1) is 7.80. The zero-order chi connectivity index (χ0) is 8.55. The zero-order valence-electron chi connectivity index (χ0n) is 7.45. The van der Waals surface area contributed by atoms with Gasteiger partial charge in [0.2, 0.25) is 0 Å². The first-order valence-corrected chi connectivity index (χ1v) is 4.53. The molecule has 0 unspecified atom stereocenters. The molecule has 1 fully saturated rings. The number of hydrogen-bond donors (Lipinski definition) is 1. The maximum Gasteiger partial charge on any atom is 0.111 e. The van der Waals surface area contributed by atoms with E-state index in [0.29, 0.717) is 12.5 Å². The van der Waals surface area contributed by atoms with Gasteiger partial charge in [0.05, 0.1) is 5.69 Å². The standard InChI is InChI=1S/C9H15N3/c1-12-8(5-10)6-11-9(12)7-3-2-4-7/h6-7H,2-5,10H2,1H3. The summed E-state index contributed by atoms with van der Waals surface area (Å²) in [6.07, 6.45) is 5.85. The third-order valence-corrected chi connectivity index (χ3v) is 2.80. The van der Waals surface area contributed by atoms with Gasteiger partial charge in [-0.25, -0.2) is 4.98 Å². The highest BCUT2D eigenvalue weighted by atomic mass is 15.1. The Bertz CT molecular complexity index is 273. The molecule has 2 rings (SSSR count). The number of rotatable bonds is 2. The van der Waals surface area contributed by atoms with Gasteiger partial charge in [0.15, 0.2) is 0 Å². The molecule has 0 aromatic carbocycles. The van der Waals surface area contributed by atoms with Crippen molar-refractivity contribution >= 4 is 0 Å². The normalized spacial score (nSPS) is 17.8. The van der Waals surface area contributed by atoms with Crippen LogP contribution in [-0.4, -0.2) is 9.55 Å². The summed E-state index contributed by atoms with van der Waals surface area (Å²) in [6, 6.07) is 0. The molecule has 66 valence electrons. The minimum atomic E-state index is 0.593. The fourth-order valence-corrected chi connectivity index (χ4v) is 1.70. The Hall–Kier alpha value is -0.830. The van der Waals surface area contributed by atoms with Crippen molar-refractivity contribution < 1.29 is 0 Å². The van der Waals surface area contributed by atoms with E-state index in [-0.39, 0.29) is 0 Å². The van der Waals surface area contributed by atoms with E-state index in [1.165, 1.54) is 25.1 Å².